The van der Waals surface area contributed by atoms with E-state index in [1.165, 1.54) is 7.05 Å². The number of benzene rings is 1. The number of carboxylic acid groups (broad SMARTS) is 1. The fourth-order valence-corrected chi connectivity index (χ4v) is 3.82. The standard InChI is InChI=1S/C22H27N3O3/c1-14(2)12-25-13-16-9-20(26)18(24(3)22(27)28)10-17(16)21(19(25)11-23)15-7-5-4-6-8-15/h4-8,10,13-14,18H,9,11-12,23H2,1-3H3,(H,27,28). The van der Waals surface area contributed by atoms with Gasteiger partial charge in [-0.3, -0.25) is 9.69 Å². The Morgan fingerprint density at radius 2 is 2.00 bits per heavy atom. The molecule has 1 aromatic rings. The second kappa shape index (κ2) is 8.02. The van der Waals surface area contributed by atoms with Crippen LogP contribution in [0.2, 0.25) is 0 Å². The number of nitrogens with two attached hydrogens (primary N) is 1. The Morgan fingerprint density at radius 1 is 1.32 bits per heavy atom. The van der Waals surface area contributed by atoms with E-state index in [4.69, 9.17) is 5.73 Å². The zero-order valence-electron chi connectivity index (χ0n) is 16.6. The zero-order chi connectivity index (χ0) is 20.4. The second-order valence-corrected chi connectivity index (χ2v) is 7.65. The highest BCUT2D eigenvalue weighted by Gasteiger charge is 2.35. The topological polar surface area (TPSA) is 86.9 Å². The van der Waals surface area contributed by atoms with Crippen LogP contribution >= 0.6 is 0 Å². The molecule has 148 valence electrons. The normalized spacial score (nSPS) is 19.4. The van der Waals surface area contributed by atoms with Gasteiger partial charge in [0.2, 0.25) is 0 Å². The van der Waals surface area contributed by atoms with Crippen molar-refractivity contribution in [1.29, 1.82) is 0 Å². The van der Waals surface area contributed by atoms with Crippen molar-refractivity contribution in [3.63, 3.8) is 0 Å². The van der Waals surface area contributed by atoms with Crippen molar-refractivity contribution < 1.29 is 14.7 Å². The van der Waals surface area contributed by atoms with Gasteiger partial charge in [-0.2, -0.15) is 0 Å². The molecule has 0 saturated heterocycles. The summed E-state index contributed by atoms with van der Waals surface area (Å²) in [6.07, 6.45) is 2.87. The molecule has 1 heterocycles. The first kappa shape index (κ1) is 19.9. The number of hydrogen-bond acceptors (Lipinski definition) is 4. The zero-order valence-corrected chi connectivity index (χ0v) is 16.6. The number of hydrogen-bond donors (Lipinski definition) is 2. The molecule has 0 radical (unpaired) electrons. The predicted molar refractivity (Wildman–Crippen MR) is 109 cm³/mol. The summed E-state index contributed by atoms with van der Waals surface area (Å²) in [6, 6.07) is 9.15. The van der Waals surface area contributed by atoms with Crippen LogP contribution in [0.5, 0.6) is 0 Å². The van der Waals surface area contributed by atoms with E-state index in [1.54, 1.807) is 6.08 Å². The summed E-state index contributed by atoms with van der Waals surface area (Å²) in [4.78, 5) is 27.3. The molecule has 3 rings (SSSR count). The van der Waals surface area contributed by atoms with Crippen molar-refractivity contribution in [3.8, 4) is 0 Å². The summed E-state index contributed by atoms with van der Waals surface area (Å²) in [6.45, 7) is 5.44. The molecule has 1 unspecified atom stereocenters. The monoisotopic (exact) mass is 381 g/mol. The van der Waals surface area contributed by atoms with Crippen LogP contribution in [0.1, 0.15) is 25.8 Å². The van der Waals surface area contributed by atoms with Crippen molar-refractivity contribution in [2.24, 2.45) is 11.7 Å². The molecule has 0 bridgehead atoms. The third kappa shape index (κ3) is 3.73. The molecule has 1 aromatic carbocycles. The number of amides is 1. The van der Waals surface area contributed by atoms with E-state index < -0.39 is 12.1 Å². The lowest BCUT2D eigenvalue weighted by Crippen LogP contribution is -2.43. The van der Waals surface area contributed by atoms with Gasteiger partial charge in [0.05, 0.1) is 0 Å². The van der Waals surface area contributed by atoms with Gasteiger partial charge in [-0.1, -0.05) is 44.2 Å². The van der Waals surface area contributed by atoms with Crippen LogP contribution in [0.3, 0.4) is 0 Å². The number of ketones is 1. The third-order valence-corrected chi connectivity index (χ3v) is 5.12. The highest BCUT2D eigenvalue weighted by Crippen LogP contribution is 2.41. The van der Waals surface area contributed by atoms with E-state index in [9.17, 15) is 14.7 Å². The Balaban J connectivity index is 2.19. The molecule has 0 fully saturated rings. The first-order valence-electron chi connectivity index (χ1n) is 9.50. The van der Waals surface area contributed by atoms with E-state index >= 15 is 0 Å². The first-order chi connectivity index (χ1) is 13.3. The van der Waals surface area contributed by atoms with Crippen molar-refractivity contribution in [3.05, 3.63) is 65.0 Å². The maximum absolute atomic E-state index is 12.7. The summed E-state index contributed by atoms with van der Waals surface area (Å²) >= 11 is 0. The predicted octanol–water partition coefficient (Wildman–Crippen LogP) is 3.09. The van der Waals surface area contributed by atoms with Gasteiger partial charge in [-0.25, -0.2) is 4.79 Å². The van der Waals surface area contributed by atoms with Gasteiger partial charge in [0, 0.05) is 44.0 Å². The van der Waals surface area contributed by atoms with E-state index in [1.807, 2.05) is 36.5 Å². The Hall–Kier alpha value is -2.86. The first-order valence-corrected chi connectivity index (χ1v) is 9.50. The van der Waals surface area contributed by atoms with Crippen LogP contribution in [0, 0.1) is 5.92 Å². The highest BCUT2D eigenvalue weighted by molar-refractivity contribution is 5.99. The molecule has 1 aliphatic carbocycles. The number of carbonyl (C=O) groups is 2. The number of allylic oxidation sites excluding steroid dienone is 3. The Morgan fingerprint density at radius 3 is 2.57 bits per heavy atom. The smallest absolute Gasteiger partial charge is 0.407 e. The SMILES string of the molecule is CC(C)CN1C=C2CC(=O)C(N(C)C(=O)O)C=C2C(c2ccccc2)=C1CN. The summed E-state index contributed by atoms with van der Waals surface area (Å²) in [5, 5.41) is 9.36. The van der Waals surface area contributed by atoms with Crippen molar-refractivity contribution in [1.82, 2.24) is 9.80 Å². The molecule has 0 spiro atoms. The molecular weight excluding hydrogens is 354 g/mol. The molecule has 6 nitrogen and oxygen atoms in total. The van der Waals surface area contributed by atoms with Crippen molar-refractivity contribution in [2.45, 2.75) is 26.3 Å². The van der Waals surface area contributed by atoms with Gasteiger partial charge in [-0.05, 0) is 28.7 Å². The quantitative estimate of drug-likeness (QED) is 0.818. The van der Waals surface area contributed by atoms with Crippen LogP contribution in [-0.4, -0.2) is 53.0 Å². The average Bonchev–Trinajstić information content (AvgIpc) is 2.66. The number of carbonyl (C=O) groups excluding carboxylic acids is 1. The van der Waals surface area contributed by atoms with Crippen LogP contribution in [0.4, 0.5) is 4.79 Å². The number of rotatable bonds is 5. The lowest BCUT2D eigenvalue weighted by Gasteiger charge is -2.37. The molecule has 1 atom stereocenters. The minimum absolute atomic E-state index is 0.118. The fraction of sp³-hybridized carbons (Fsp3) is 0.364. The fourth-order valence-electron chi connectivity index (χ4n) is 3.82. The Labute approximate surface area is 165 Å². The number of Topliss-reactive ketones (excluding diaryl/α,β-unsaturated/α-hetero) is 1. The van der Waals surface area contributed by atoms with Gasteiger partial charge < -0.3 is 15.7 Å². The molecule has 0 saturated carbocycles. The summed E-state index contributed by atoms with van der Waals surface area (Å²) < 4.78 is 0. The molecular formula is C22H27N3O3. The van der Waals surface area contributed by atoms with Gasteiger partial charge in [0.15, 0.2) is 5.78 Å². The average molecular weight is 381 g/mol. The Bertz CT molecular complexity index is 868. The summed E-state index contributed by atoms with van der Waals surface area (Å²) in [5.41, 5.74) is 11.0. The van der Waals surface area contributed by atoms with Crippen LogP contribution < -0.4 is 5.73 Å². The molecule has 1 amide bonds. The van der Waals surface area contributed by atoms with Crippen LogP contribution in [0.15, 0.2) is 59.5 Å². The summed E-state index contributed by atoms with van der Waals surface area (Å²) in [5.74, 6) is 0.305. The van der Waals surface area contributed by atoms with Crippen LogP contribution in [-0.2, 0) is 4.79 Å². The Kier molecular flexibility index (Phi) is 5.70. The van der Waals surface area contributed by atoms with E-state index in [0.717, 1.165) is 39.4 Å². The molecule has 6 heteroatoms. The van der Waals surface area contributed by atoms with E-state index in [0.29, 0.717) is 12.5 Å². The van der Waals surface area contributed by atoms with Gasteiger partial charge in [-0.15, -0.1) is 0 Å². The minimum atomic E-state index is -1.12. The number of nitrogens with zero attached hydrogens (tertiary/aromatic N) is 2. The molecule has 1 aliphatic heterocycles. The molecule has 28 heavy (non-hydrogen) atoms. The number of fused-ring (bicyclic) bond motifs is 1. The van der Waals surface area contributed by atoms with E-state index in [-0.39, 0.29) is 12.2 Å². The van der Waals surface area contributed by atoms with Gasteiger partial charge >= 0.3 is 6.09 Å². The maximum atomic E-state index is 12.7. The minimum Gasteiger partial charge on any atom is -0.465 e. The summed E-state index contributed by atoms with van der Waals surface area (Å²) in [7, 11) is 1.43. The number of likely N-dealkylation sites (N-methyl/N-ethyl adjacent to an activating group) is 1. The van der Waals surface area contributed by atoms with Crippen LogP contribution in [0.25, 0.3) is 5.57 Å². The lowest BCUT2D eigenvalue weighted by atomic mass is 9.80. The molecule has 0 aromatic heterocycles. The second-order valence-electron chi connectivity index (χ2n) is 7.65. The van der Waals surface area contributed by atoms with E-state index in [2.05, 4.69) is 18.7 Å². The highest BCUT2D eigenvalue weighted by atomic mass is 16.4. The van der Waals surface area contributed by atoms with Crippen molar-refractivity contribution in [2.75, 3.05) is 20.1 Å². The van der Waals surface area contributed by atoms with Gasteiger partial charge in [0.25, 0.3) is 0 Å². The lowest BCUT2D eigenvalue weighted by molar-refractivity contribution is -0.121. The maximum Gasteiger partial charge on any atom is 0.407 e. The van der Waals surface area contributed by atoms with Crippen molar-refractivity contribution >= 4 is 17.4 Å². The largest absolute Gasteiger partial charge is 0.465 e. The third-order valence-electron chi connectivity index (χ3n) is 5.12. The molecule has 3 N–H and O–H groups in total. The van der Waals surface area contributed by atoms with Gasteiger partial charge in [0.1, 0.15) is 6.04 Å². The molecule has 2 aliphatic rings.